The maximum atomic E-state index is 11.1. The zero-order chi connectivity index (χ0) is 12.8. The molecule has 0 aromatic carbocycles. The van der Waals surface area contributed by atoms with Gasteiger partial charge in [0.2, 0.25) is 0 Å². The maximum Gasteiger partial charge on any atom is 0.339 e. The number of pyridine rings is 1. The summed E-state index contributed by atoms with van der Waals surface area (Å²) in [6.45, 7) is 3.15. The minimum atomic E-state index is -1.05. The van der Waals surface area contributed by atoms with Crippen molar-refractivity contribution in [2.24, 2.45) is 0 Å². The molecule has 0 unspecified atom stereocenters. The van der Waals surface area contributed by atoms with E-state index in [-0.39, 0.29) is 12.2 Å². The number of carboxylic acid groups (broad SMARTS) is 1. The number of carboxylic acids is 1. The van der Waals surface area contributed by atoms with Crippen LogP contribution in [0.3, 0.4) is 0 Å². The Kier molecular flexibility index (Phi) is 4.71. The number of rotatable bonds is 6. The van der Waals surface area contributed by atoms with Gasteiger partial charge in [-0.25, -0.2) is 9.78 Å². The third kappa shape index (κ3) is 3.32. The van der Waals surface area contributed by atoms with Crippen LogP contribution in [0.1, 0.15) is 23.7 Å². The number of nitrogen functional groups attached to an aromatic ring is 1. The molecule has 0 amide bonds. The van der Waals surface area contributed by atoms with Crippen molar-refractivity contribution < 1.29 is 15.0 Å². The van der Waals surface area contributed by atoms with Crippen LogP contribution in [0.25, 0.3) is 0 Å². The van der Waals surface area contributed by atoms with Crippen LogP contribution >= 0.6 is 0 Å². The van der Waals surface area contributed by atoms with E-state index in [4.69, 9.17) is 15.9 Å². The summed E-state index contributed by atoms with van der Waals surface area (Å²) < 4.78 is 0. The van der Waals surface area contributed by atoms with Crippen LogP contribution in [-0.2, 0) is 0 Å². The van der Waals surface area contributed by atoms with Crippen LogP contribution in [-0.4, -0.2) is 40.9 Å². The van der Waals surface area contributed by atoms with Crippen LogP contribution in [0.2, 0.25) is 0 Å². The van der Waals surface area contributed by atoms with Gasteiger partial charge in [0.05, 0.1) is 11.9 Å². The average Bonchev–Trinajstić information content (AvgIpc) is 2.31. The highest BCUT2D eigenvalue weighted by atomic mass is 16.4. The number of nitrogens with two attached hydrogens (primary N) is 1. The first-order valence-electron chi connectivity index (χ1n) is 5.44. The normalized spacial score (nSPS) is 10.2. The summed E-state index contributed by atoms with van der Waals surface area (Å²) in [5.41, 5.74) is 5.93. The fourth-order valence-corrected chi connectivity index (χ4v) is 1.56. The quantitative estimate of drug-likeness (QED) is 0.671. The smallest absolute Gasteiger partial charge is 0.339 e. The van der Waals surface area contributed by atoms with Crippen LogP contribution in [0, 0.1) is 0 Å². The topological polar surface area (TPSA) is 99.7 Å². The van der Waals surface area contributed by atoms with Crippen LogP contribution < -0.4 is 10.6 Å². The van der Waals surface area contributed by atoms with Gasteiger partial charge in [-0.15, -0.1) is 0 Å². The molecule has 4 N–H and O–H groups in total. The Morgan fingerprint density at radius 1 is 1.59 bits per heavy atom. The van der Waals surface area contributed by atoms with Gasteiger partial charge in [0, 0.05) is 19.7 Å². The lowest BCUT2D eigenvalue weighted by Gasteiger charge is -2.23. The minimum Gasteiger partial charge on any atom is -0.478 e. The van der Waals surface area contributed by atoms with E-state index in [1.54, 1.807) is 4.90 Å². The third-order valence-corrected chi connectivity index (χ3v) is 2.39. The number of hydrogen-bond donors (Lipinski definition) is 3. The van der Waals surface area contributed by atoms with Crippen molar-refractivity contribution >= 4 is 17.5 Å². The number of nitrogens with zero attached hydrogens (tertiary/aromatic N) is 2. The van der Waals surface area contributed by atoms with E-state index >= 15 is 0 Å². The molecule has 0 aliphatic heterocycles. The Bertz CT molecular complexity index is 396. The number of aliphatic hydroxyl groups is 1. The van der Waals surface area contributed by atoms with Gasteiger partial charge in [-0.05, 0) is 19.4 Å². The predicted molar refractivity (Wildman–Crippen MR) is 65.2 cm³/mol. The summed E-state index contributed by atoms with van der Waals surface area (Å²) in [4.78, 5) is 17.0. The van der Waals surface area contributed by atoms with Crippen molar-refractivity contribution in [3.8, 4) is 0 Å². The first-order chi connectivity index (χ1) is 8.10. The van der Waals surface area contributed by atoms with Crippen molar-refractivity contribution in [1.82, 2.24) is 4.98 Å². The van der Waals surface area contributed by atoms with E-state index in [9.17, 15) is 4.79 Å². The molecule has 94 valence electrons. The van der Waals surface area contributed by atoms with Crippen molar-refractivity contribution in [3.05, 3.63) is 17.8 Å². The molecule has 1 aromatic heterocycles. The molecule has 17 heavy (non-hydrogen) atoms. The number of aliphatic hydroxyl groups excluding tert-OH is 1. The highest BCUT2D eigenvalue weighted by Gasteiger charge is 2.16. The molecule has 1 heterocycles. The van der Waals surface area contributed by atoms with Gasteiger partial charge in [0.1, 0.15) is 11.4 Å². The first-order valence-corrected chi connectivity index (χ1v) is 5.44. The second-order valence-corrected chi connectivity index (χ2v) is 3.60. The zero-order valence-corrected chi connectivity index (χ0v) is 9.76. The monoisotopic (exact) mass is 239 g/mol. The first kappa shape index (κ1) is 13.2. The highest BCUT2D eigenvalue weighted by molar-refractivity contribution is 5.94. The van der Waals surface area contributed by atoms with Gasteiger partial charge < -0.3 is 20.8 Å². The van der Waals surface area contributed by atoms with Crippen LogP contribution in [0.5, 0.6) is 0 Å². The van der Waals surface area contributed by atoms with Gasteiger partial charge >= 0.3 is 5.97 Å². The van der Waals surface area contributed by atoms with E-state index in [1.165, 1.54) is 12.3 Å². The zero-order valence-electron chi connectivity index (χ0n) is 9.76. The van der Waals surface area contributed by atoms with Crippen molar-refractivity contribution in [3.63, 3.8) is 0 Å². The van der Waals surface area contributed by atoms with Crippen molar-refractivity contribution in [2.45, 2.75) is 13.3 Å². The molecule has 0 saturated heterocycles. The predicted octanol–water partition coefficient (Wildman–Crippen LogP) is 0.571. The number of carbonyl (C=O) groups is 1. The van der Waals surface area contributed by atoms with Crippen molar-refractivity contribution in [1.29, 1.82) is 0 Å². The van der Waals surface area contributed by atoms with Crippen LogP contribution in [0.15, 0.2) is 12.3 Å². The average molecular weight is 239 g/mol. The molecular formula is C11H17N3O3. The Morgan fingerprint density at radius 3 is 2.82 bits per heavy atom. The molecule has 1 aromatic rings. The maximum absolute atomic E-state index is 11.1. The molecule has 0 saturated carbocycles. The molecular weight excluding hydrogens is 222 g/mol. The van der Waals surface area contributed by atoms with E-state index < -0.39 is 5.97 Å². The van der Waals surface area contributed by atoms with E-state index in [0.717, 1.165) is 0 Å². The molecule has 6 nitrogen and oxygen atoms in total. The molecule has 1 rings (SSSR count). The molecule has 0 atom stereocenters. The lowest BCUT2D eigenvalue weighted by Crippen LogP contribution is -2.27. The molecule has 0 radical (unpaired) electrons. The summed E-state index contributed by atoms with van der Waals surface area (Å²) in [6.07, 6.45) is 2.00. The molecule has 6 heteroatoms. The van der Waals surface area contributed by atoms with Gasteiger partial charge in [-0.1, -0.05) is 0 Å². The molecule has 0 spiro atoms. The lowest BCUT2D eigenvalue weighted by atomic mass is 10.2. The number of aromatic carboxylic acids is 1. The van der Waals surface area contributed by atoms with Gasteiger partial charge in [0.15, 0.2) is 0 Å². The minimum absolute atomic E-state index is 0.0634. The van der Waals surface area contributed by atoms with Gasteiger partial charge in [0.25, 0.3) is 0 Å². The van der Waals surface area contributed by atoms with Crippen molar-refractivity contribution in [2.75, 3.05) is 30.3 Å². The highest BCUT2D eigenvalue weighted by Crippen LogP contribution is 2.20. The molecule has 0 aliphatic rings. The summed E-state index contributed by atoms with van der Waals surface area (Å²) in [6, 6.07) is 1.40. The van der Waals surface area contributed by atoms with Gasteiger partial charge in [-0.2, -0.15) is 0 Å². The fourth-order valence-electron chi connectivity index (χ4n) is 1.56. The summed E-state index contributed by atoms with van der Waals surface area (Å²) in [5, 5.41) is 17.9. The molecule has 0 bridgehead atoms. The Balaban J connectivity index is 3.05. The fraction of sp³-hybridized carbons (Fsp3) is 0.455. The van der Waals surface area contributed by atoms with E-state index in [2.05, 4.69) is 4.98 Å². The third-order valence-electron chi connectivity index (χ3n) is 2.39. The second kappa shape index (κ2) is 6.05. The molecule has 0 fully saturated rings. The molecule has 0 aliphatic carbocycles. The lowest BCUT2D eigenvalue weighted by molar-refractivity contribution is 0.0697. The number of hydrogen-bond acceptors (Lipinski definition) is 5. The SMILES string of the molecule is CCN(CCCO)c1ncc(N)cc1C(=O)O. The van der Waals surface area contributed by atoms with Gasteiger partial charge in [-0.3, -0.25) is 0 Å². The summed E-state index contributed by atoms with van der Waals surface area (Å²) in [7, 11) is 0. The van der Waals surface area contributed by atoms with E-state index in [0.29, 0.717) is 31.0 Å². The Hall–Kier alpha value is -1.82. The standard InChI is InChI=1S/C11H17N3O3/c1-2-14(4-3-5-15)10-9(11(16)17)6-8(12)7-13-10/h6-7,15H,2-5,12H2,1H3,(H,16,17). The Labute approximate surface area is 99.7 Å². The summed E-state index contributed by atoms with van der Waals surface area (Å²) >= 11 is 0. The summed E-state index contributed by atoms with van der Waals surface area (Å²) in [5.74, 6) is -0.662. The Morgan fingerprint density at radius 2 is 2.29 bits per heavy atom. The second-order valence-electron chi connectivity index (χ2n) is 3.60. The van der Waals surface area contributed by atoms with E-state index in [1.807, 2.05) is 6.92 Å². The number of anilines is 2. The largest absolute Gasteiger partial charge is 0.478 e. The number of aromatic nitrogens is 1. The van der Waals surface area contributed by atoms with Crippen LogP contribution in [0.4, 0.5) is 11.5 Å².